The van der Waals surface area contributed by atoms with E-state index in [4.69, 9.17) is 5.73 Å². The minimum atomic E-state index is 0.0590. The van der Waals surface area contributed by atoms with Crippen molar-refractivity contribution in [3.05, 3.63) is 28.2 Å². The van der Waals surface area contributed by atoms with E-state index >= 15 is 0 Å². The molecule has 0 bridgehead atoms. The summed E-state index contributed by atoms with van der Waals surface area (Å²) in [5, 5.41) is 3.77. The lowest BCUT2D eigenvalue weighted by atomic mass is 9.71. The van der Waals surface area contributed by atoms with Crippen LogP contribution in [-0.2, 0) is 0 Å². The van der Waals surface area contributed by atoms with Gasteiger partial charge in [-0.05, 0) is 65.2 Å². The molecule has 1 fully saturated rings. The maximum atomic E-state index is 6.16. The van der Waals surface area contributed by atoms with Crippen molar-refractivity contribution in [1.29, 1.82) is 0 Å². The van der Waals surface area contributed by atoms with E-state index in [0.29, 0.717) is 6.54 Å². The number of nitrogens with one attached hydrogen (secondary N) is 1. The summed E-state index contributed by atoms with van der Waals surface area (Å²) in [7, 11) is 0. The molecule has 3 heteroatoms. The second kappa shape index (κ2) is 6.48. The fraction of sp³-hybridized carbons (Fsp3) is 0.647. The molecule has 0 aromatic heterocycles. The van der Waals surface area contributed by atoms with Crippen LogP contribution in [0.1, 0.15) is 45.1 Å². The molecule has 20 heavy (non-hydrogen) atoms. The van der Waals surface area contributed by atoms with Crippen molar-refractivity contribution in [1.82, 2.24) is 0 Å². The molecule has 2 nitrogen and oxygen atoms in total. The standard InChI is InChI=1S/C17H27BrN2/c1-12(2)14-5-4-8-17(10-14,11-19)20-16-9-13(3)6-7-15(16)18/h6-7,9,12,14,20H,4-5,8,10-11,19H2,1-3H3. The van der Waals surface area contributed by atoms with Crippen molar-refractivity contribution in [3.63, 3.8) is 0 Å². The van der Waals surface area contributed by atoms with E-state index in [1.165, 1.54) is 36.9 Å². The van der Waals surface area contributed by atoms with Crippen LogP contribution in [0.25, 0.3) is 0 Å². The average molecular weight is 339 g/mol. The predicted octanol–water partition coefficient (Wildman–Crippen LogP) is 4.71. The summed E-state index contributed by atoms with van der Waals surface area (Å²) in [6, 6.07) is 6.45. The molecule has 112 valence electrons. The molecule has 2 rings (SSSR count). The first kappa shape index (κ1) is 15.8. The molecular weight excluding hydrogens is 312 g/mol. The van der Waals surface area contributed by atoms with Crippen LogP contribution in [0, 0.1) is 18.8 Å². The molecule has 0 heterocycles. The van der Waals surface area contributed by atoms with Gasteiger partial charge in [0.05, 0.1) is 0 Å². The molecule has 2 unspecified atom stereocenters. The quantitative estimate of drug-likeness (QED) is 0.833. The van der Waals surface area contributed by atoms with Crippen molar-refractivity contribution in [2.45, 2.75) is 52.0 Å². The van der Waals surface area contributed by atoms with E-state index in [1.54, 1.807) is 0 Å². The Labute approximate surface area is 131 Å². The number of halogens is 1. The smallest absolute Gasteiger partial charge is 0.0498 e. The highest BCUT2D eigenvalue weighted by atomic mass is 79.9. The zero-order chi connectivity index (χ0) is 14.8. The number of anilines is 1. The van der Waals surface area contributed by atoms with Gasteiger partial charge in [-0.3, -0.25) is 0 Å². The molecule has 0 radical (unpaired) electrons. The van der Waals surface area contributed by atoms with Gasteiger partial charge in [-0.2, -0.15) is 0 Å². The first-order valence-corrected chi connectivity index (χ1v) is 8.49. The third kappa shape index (κ3) is 3.56. The molecule has 1 aromatic carbocycles. The van der Waals surface area contributed by atoms with Crippen molar-refractivity contribution < 1.29 is 0 Å². The minimum absolute atomic E-state index is 0.0590. The SMILES string of the molecule is Cc1ccc(Br)c(NC2(CN)CCCC(C(C)C)C2)c1. The minimum Gasteiger partial charge on any atom is -0.377 e. The molecule has 2 atom stereocenters. The zero-order valence-electron chi connectivity index (χ0n) is 12.9. The van der Waals surface area contributed by atoms with Gasteiger partial charge in [0.15, 0.2) is 0 Å². The van der Waals surface area contributed by atoms with Crippen molar-refractivity contribution in [3.8, 4) is 0 Å². The monoisotopic (exact) mass is 338 g/mol. The lowest BCUT2D eigenvalue weighted by Gasteiger charge is -2.43. The molecule has 0 saturated heterocycles. The van der Waals surface area contributed by atoms with Gasteiger partial charge in [0, 0.05) is 22.2 Å². The molecule has 1 aromatic rings. The molecule has 3 N–H and O–H groups in total. The fourth-order valence-electron chi connectivity index (χ4n) is 3.35. The summed E-state index contributed by atoms with van der Waals surface area (Å²) >= 11 is 3.65. The number of hydrogen-bond donors (Lipinski definition) is 2. The Morgan fingerprint density at radius 1 is 1.45 bits per heavy atom. The highest BCUT2D eigenvalue weighted by Crippen LogP contribution is 2.39. The van der Waals surface area contributed by atoms with E-state index in [-0.39, 0.29) is 5.54 Å². The summed E-state index contributed by atoms with van der Waals surface area (Å²) in [5.41, 5.74) is 8.68. The van der Waals surface area contributed by atoms with Crippen LogP contribution in [0.15, 0.2) is 22.7 Å². The topological polar surface area (TPSA) is 38.0 Å². The van der Waals surface area contributed by atoms with E-state index in [0.717, 1.165) is 16.3 Å². The zero-order valence-corrected chi connectivity index (χ0v) is 14.5. The van der Waals surface area contributed by atoms with Gasteiger partial charge in [0.25, 0.3) is 0 Å². The maximum Gasteiger partial charge on any atom is 0.0498 e. The number of rotatable bonds is 4. The summed E-state index contributed by atoms with van der Waals surface area (Å²) in [6.07, 6.45) is 4.97. The first-order valence-electron chi connectivity index (χ1n) is 7.70. The Bertz CT molecular complexity index is 458. The second-order valence-electron chi connectivity index (χ2n) is 6.69. The van der Waals surface area contributed by atoms with Crippen LogP contribution < -0.4 is 11.1 Å². The summed E-state index contributed by atoms with van der Waals surface area (Å²) in [4.78, 5) is 0. The van der Waals surface area contributed by atoms with Gasteiger partial charge in [-0.1, -0.05) is 32.8 Å². The maximum absolute atomic E-state index is 6.16. The first-order chi connectivity index (χ1) is 9.46. The molecule has 0 amide bonds. The third-order valence-corrected chi connectivity index (χ3v) is 5.43. The van der Waals surface area contributed by atoms with Crippen molar-refractivity contribution in [2.75, 3.05) is 11.9 Å². The number of nitrogens with two attached hydrogens (primary N) is 1. The average Bonchev–Trinajstić information content (AvgIpc) is 2.43. The van der Waals surface area contributed by atoms with Crippen LogP contribution in [0.3, 0.4) is 0 Å². The Morgan fingerprint density at radius 2 is 2.20 bits per heavy atom. The largest absolute Gasteiger partial charge is 0.377 e. The Hall–Kier alpha value is -0.540. The highest BCUT2D eigenvalue weighted by Gasteiger charge is 2.36. The van der Waals surface area contributed by atoms with Gasteiger partial charge in [0.1, 0.15) is 0 Å². The summed E-state index contributed by atoms with van der Waals surface area (Å²) in [6.45, 7) is 7.50. The molecule has 1 aliphatic carbocycles. The lowest BCUT2D eigenvalue weighted by molar-refractivity contribution is 0.203. The van der Waals surface area contributed by atoms with Crippen LogP contribution in [0.4, 0.5) is 5.69 Å². The van der Waals surface area contributed by atoms with Crippen molar-refractivity contribution in [2.24, 2.45) is 17.6 Å². The van der Waals surface area contributed by atoms with Gasteiger partial charge >= 0.3 is 0 Å². The highest BCUT2D eigenvalue weighted by molar-refractivity contribution is 9.10. The summed E-state index contributed by atoms with van der Waals surface area (Å²) in [5.74, 6) is 1.52. The van der Waals surface area contributed by atoms with E-state index < -0.39 is 0 Å². The van der Waals surface area contributed by atoms with Gasteiger partial charge < -0.3 is 11.1 Å². The molecule has 0 spiro atoms. The van der Waals surface area contributed by atoms with E-state index in [1.807, 2.05) is 0 Å². The van der Waals surface area contributed by atoms with Crippen LogP contribution in [0.5, 0.6) is 0 Å². The van der Waals surface area contributed by atoms with Gasteiger partial charge in [-0.15, -0.1) is 0 Å². The normalized spacial score (nSPS) is 26.8. The molecular formula is C17H27BrN2. The number of aryl methyl sites for hydroxylation is 1. The fourth-order valence-corrected chi connectivity index (χ4v) is 3.69. The van der Waals surface area contributed by atoms with Crippen LogP contribution in [0.2, 0.25) is 0 Å². The van der Waals surface area contributed by atoms with Gasteiger partial charge in [-0.25, -0.2) is 0 Å². The number of benzene rings is 1. The van der Waals surface area contributed by atoms with Gasteiger partial charge in [0.2, 0.25) is 0 Å². The van der Waals surface area contributed by atoms with Crippen LogP contribution >= 0.6 is 15.9 Å². The lowest BCUT2D eigenvalue weighted by Crippen LogP contribution is -2.49. The molecule has 1 saturated carbocycles. The van der Waals surface area contributed by atoms with E-state index in [2.05, 4.69) is 60.2 Å². The Balaban J connectivity index is 2.20. The van der Waals surface area contributed by atoms with Crippen LogP contribution in [-0.4, -0.2) is 12.1 Å². The molecule has 0 aliphatic heterocycles. The Morgan fingerprint density at radius 3 is 2.85 bits per heavy atom. The third-order valence-electron chi connectivity index (χ3n) is 4.74. The Kier molecular flexibility index (Phi) is 5.14. The summed E-state index contributed by atoms with van der Waals surface area (Å²) < 4.78 is 1.13. The van der Waals surface area contributed by atoms with E-state index in [9.17, 15) is 0 Å². The predicted molar refractivity (Wildman–Crippen MR) is 91.1 cm³/mol. The number of hydrogen-bond acceptors (Lipinski definition) is 2. The van der Waals surface area contributed by atoms with Crippen molar-refractivity contribution >= 4 is 21.6 Å². The second-order valence-corrected chi connectivity index (χ2v) is 7.55. The molecule has 1 aliphatic rings.